The maximum absolute atomic E-state index is 13.2. The summed E-state index contributed by atoms with van der Waals surface area (Å²) < 4.78 is 21.9. The minimum Gasteiger partial charge on any atom is -0.490 e. The number of fused-ring (bicyclic) bond motifs is 2. The van der Waals surface area contributed by atoms with E-state index in [4.69, 9.17) is 18.9 Å². The molecule has 1 aromatic rings. The first kappa shape index (κ1) is 24.0. The number of ether oxygens (including phenoxy) is 4. The van der Waals surface area contributed by atoms with Crippen molar-refractivity contribution >= 4 is 23.4 Å². The molecule has 3 atom stereocenters. The van der Waals surface area contributed by atoms with Crippen LogP contribution < -0.4 is 15.4 Å². The van der Waals surface area contributed by atoms with E-state index in [1.807, 2.05) is 0 Å². The molecule has 2 aliphatic rings. The van der Waals surface area contributed by atoms with Crippen LogP contribution in [0.2, 0.25) is 0 Å². The van der Waals surface area contributed by atoms with Crippen LogP contribution >= 0.6 is 0 Å². The second-order valence-corrected chi connectivity index (χ2v) is 7.91. The third kappa shape index (κ3) is 5.96. The molecule has 2 heterocycles. The lowest BCUT2D eigenvalue weighted by Crippen LogP contribution is -2.54. The summed E-state index contributed by atoms with van der Waals surface area (Å²) in [5.74, 6) is -0.182. The molecule has 0 bridgehead atoms. The number of hydrogen-bond acceptors (Lipinski definition) is 7. The Kier molecular flexibility index (Phi) is 8.43. The van der Waals surface area contributed by atoms with Crippen LogP contribution in [0.3, 0.4) is 0 Å². The molecule has 0 aliphatic carbocycles. The highest BCUT2D eigenvalue weighted by Gasteiger charge is 2.39. The molecule has 2 N–H and O–H groups in total. The Labute approximate surface area is 187 Å². The zero-order valence-electron chi connectivity index (χ0n) is 18.7. The number of carbonyl (C=O) groups excluding carboxylic acids is 3. The van der Waals surface area contributed by atoms with Crippen molar-refractivity contribution in [3.8, 4) is 5.75 Å². The lowest BCUT2D eigenvalue weighted by atomic mass is 9.94. The highest BCUT2D eigenvalue weighted by Crippen LogP contribution is 2.32. The molecule has 0 saturated carbocycles. The number of methoxy groups -OCH3 is 2. The highest BCUT2D eigenvalue weighted by atomic mass is 16.5. The molecular weight excluding hydrogens is 418 g/mol. The Hall–Kier alpha value is -2.69. The third-order valence-electron chi connectivity index (χ3n) is 5.61. The molecule has 10 nitrogen and oxygen atoms in total. The van der Waals surface area contributed by atoms with Crippen molar-refractivity contribution in [3.63, 3.8) is 0 Å². The third-order valence-corrected chi connectivity index (χ3v) is 5.61. The highest BCUT2D eigenvalue weighted by molar-refractivity contribution is 6.00. The average Bonchev–Trinajstić information content (AvgIpc) is 2.77. The number of benzene rings is 1. The van der Waals surface area contributed by atoms with E-state index in [1.165, 1.54) is 7.11 Å². The molecule has 1 fully saturated rings. The van der Waals surface area contributed by atoms with Crippen LogP contribution in [0, 0.1) is 0 Å². The molecule has 2 aliphatic heterocycles. The molecule has 1 saturated heterocycles. The van der Waals surface area contributed by atoms with Crippen molar-refractivity contribution in [1.29, 1.82) is 0 Å². The van der Waals surface area contributed by atoms with Gasteiger partial charge in [0.15, 0.2) is 0 Å². The van der Waals surface area contributed by atoms with Crippen LogP contribution in [-0.4, -0.2) is 88.5 Å². The minimum atomic E-state index is -0.344. The van der Waals surface area contributed by atoms with Gasteiger partial charge in [0.1, 0.15) is 25.1 Å². The Morgan fingerprint density at radius 1 is 1.19 bits per heavy atom. The lowest BCUT2D eigenvalue weighted by Gasteiger charge is -2.42. The predicted molar refractivity (Wildman–Crippen MR) is 116 cm³/mol. The zero-order chi connectivity index (χ0) is 23.1. The van der Waals surface area contributed by atoms with Gasteiger partial charge in [-0.25, -0.2) is 0 Å². The van der Waals surface area contributed by atoms with Crippen molar-refractivity contribution < 1.29 is 33.3 Å². The maximum atomic E-state index is 13.2. The van der Waals surface area contributed by atoms with E-state index in [9.17, 15) is 14.4 Å². The van der Waals surface area contributed by atoms with Crippen molar-refractivity contribution in [2.45, 2.75) is 37.5 Å². The van der Waals surface area contributed by atoms with E-state index >= 15 is 0 Å². The fourth-order valence-corrected chi connectivity index (χ4v) is 4.00. The number of carbonyl (C=O) groups is 3. The molecule has 176 valence electrons. The molecule has 10 heteroatoms. The van der Waals surface area contributed by atoms with Crippen molar-refractivity contribution in [2.75, 3.05) is 52.9 Å². The smallest absolute Gasteiger partial charge is 0.257 e. The van der Waals surface area contributed by atoms with Gasteiger partial charge in [0.25, 0.3) is 5.91 Å². The molecule has 32 heavy (non-hydrogen) atoms. The SMILES string of the molecule is COCCNC(=O)C[C@@H]1CC[C@H]2[C@H](COc3ccc(NC(=O)COC)cc3C(=O)N2C)O1. The number of likely N-dealkylation sites (N-methyl/N-ethyl adjacent to an activating group) is 1. The van der Waals surface area contributed by atoms with E-state index in [2.05, 4.69) is 10.6 Å². The molecule has 0 radical (unpaired) electrons. The Bertz CT molecular complexity index is 832. The van der Waals surface area contributed by atoms with Crippen LogP contribution in [0.25, 0.3) is 0 Å². The van der Waals surface area contributed by atoms with Crippen LogP contribution in [0.5, 0.6) is 5.75 Å². The first-order chi connectivity index (χ1) is 15.4. The Balaban J connectivity index is 1.67. The zero-order valence-corrected chi connectivity index (χ0v) is 18.7. The number of nitrogens with zero attached hydrogens (tertiary/aromatic N) is 1. The average molecular weight is 450 g/mol. The van der Waals surface area contributed by atoms with Crippen LogP contribution in [0.4, 0.5) is 5.69 Å². The lowest BCUT2D eigenvalue weighted by molar-refractivity contribution is -0.134. The molecule has 0 spiro atoms. The van der Waals surface area contributed by atoms with Gasteiger partial charge in [-0.3, -0.25) is 14.4 Å². The molecule has 0 unspecified atom stereocenters. The molecule has 3 rings (SSSR count). The van der Waals surface area contributed by atoms with Gasteiger partial charge >= 0.3 is 0 Å². The van der Waals surface area contributed by atoms with Crippen LogP contribution in [0.1, 0.15) is 29.6 Å². The molecular formula is C22H31N3O7. The number of anilines is 1. The van der Waals surface area contributed by atoms with Gasteiger partial charge < -0.3 is 34.5 Å². The van der Waals surface area contributed by atoms with E-state index in [0.29, 0.717) is 43.0 Å². The number of rotatable bonds is 8. The topological polar surface area (TPSA) is 115 Å². The Morgan fingerprint density at radius 3 is 2.75 bits per heavy atom. The van der Waals surface area contributed by atoms with Crippen LogP contribution in [0.15, 0.2) is 18.2 Å². The van der Waals surface area contributed by atoms with E-state index in [0.717, 1.165) is 0 Å². The van der Waals surface area contributed by atoms with Crippen molar-refractivity contribution in [3.05, 3.63) is 23.8 Å². The van der Waals surface area contributed by atoms with E-state index in [1.54, 1.807) is 37.3 Å². The largest absolute Gasteiger partial charge is 0.490 e. The van der Waals surface area contributed by atoms with Crippen LogP contribution in [-0.2, 0) is 23.8 Å². The number of hydrogen-bond donors (Lipinski definition) is 2. The predicted octanol–water partition coefficient (Wildman–Crippen LogP) is 0.805. The fourth-order valence-electron chi connectivity index (χ4n) is 4.00. The van der Waals surface area contributed by atoms with Gasteiger partial charge in [0.2, 0.25) is 11.8 Å². The second-order valence-electron chi connectivity index (χ2n) is 7.91. The fraction of sp³-hybridized carbons (Fsp3) is 0.591. The standard InChI is InChI=1S/C22H31N3O7/c1-25-17-6-5-15(11-20(26)23-8-9-29-2)32-19(17)12-31-18-7-4-14(10-16(18)22(25)28)24-21(27)13-30-3/h4,7,10,15,17,19H,5-6,8-9,11-13H2,1-3H3,(H,23,26)(H,24,27)/t15-,17-,19-/m0/s1. The molecule has 1 aromatic carbocycles. The number of amides is 3. The summed E-state index contributed by atoms with van der Waals surface area (Å²) >= 11 is 0. The van der Waals surface area contributed by atoms with Gasteiger partial charge in [0, 0.05) is 33.5 Å². The summed E-state index contributed by atoms with van der Waals surface area (Å²) in [7, 11) is 4.76. The monoisotopic (exact) mass is 449 g/mol. The molecule has 0 aromatic heterocycles. The summed E-state index contributed by atoms with van der Waals surface area (Å²) in [6, 6.07) is 4.77. The van der Waals surface area contributed by atoms with Gasteiger partial charge in [-0.1, -0.05) is 0 Å². The quantitative estimate of drug-likeness (QED) is 0.564. The van der Waals surface area contributed by atoms with Gasteiger partial charge in [0.05, 0.1) is 30.7 Å². The van der Waals surface area contributed by atoms with Gasteiger partial charge in [-0.05, 0) is 31.0 Å². The van der Waals surface area contributed by atoms with Crippen molar-refractivity contribution in [2.24, 2.45) is 0 Å². The summed E-state index contributed by atoms with van der Waals surface area (Å²) in [5.41, 5.74) is 0.869. The Morgan fingerprint density at radius 2 is 2.00 bits per heavy atom. The first-order valence-corrected chi connectivity index (χ1v) is 10.7. The minimum absolute atomic E-state index is 0.0753. The molecule has 3 amide bonds. The maximum Gasteiger partial charge on any atom is 0.257 e. The van der Waals surface area contributed by atoms with E-state index < -0.39 is 0 Å². The first-order valence-electron chi connectivity index (χ1n) is 10.7. The summed E-state index contributed by atoms with van der Waals surface area (Å²) in [6.07, 6.45) is 1.04. The van der Waals surface area contributed by atoms with Gasteiger partial charge in [-0.15, -0.1) is 0 Å². The number of nitrogens with one attached hydrogen (secondary N) is 2. The second kappa shape index (κ2) is 11.3. The normalized spacial score (nSPS) is 22.7. The summed E-state index contributed by atoms with van der Waals surface area (Å²) in [6.45, 7) is 1.10. The van der Waals surface area contributed by atoms with E-state index in [-0.39, 0.29) is 55.6 Å². The van der Waals surface area contributed by atoms with Gasteiger partial charge in [-0.2, -0.15) is 0 Å². The summed E-state index contributed by atoms with van der Waals surface area (Å²) in [4.78, 5) is 38.8. The van der Waals surface area contributed by atoms with Crippen molar-refractivity contribution in [1.82, 2.24) is 10.2 Å². The summed E-state index contributed by atoms with van der Waals surface area (Å²) in [5, 5.41) is 5.51.